The molecule has 1 saturated heterocycles. The molecule has 2 aliphatic rings. The van der Waals surface area contributed by atoms with E-state index in [9.17, 15) is 0 Å². The van der Waals surface area contributed by atoms with Crippen LogP contribution in [-0.4, -0.2) is 25.0 Å². The summed E-state index contributed by atoms with van der Waals surface area (Å²) in [6, 6.07) is 2.26. The van der Waals surface area contributed by atoms with Crippen LogP contribution in [0.4, 0.5) is 0 Å². The first kappa shape index (κ1) is 8.50. The van der Waals surface area contributed by atoms with E-state index in [2.05, 4.69) is 23.3 Å². The van der Waals surface area contributed by atoms with Gasteiger partial charge in [0.15, 0.2) is 0 Å². The summed E-state index contributed by atoms with van der Waals surface area (Å²) in [5.74, 6) is 3.01. The van der Waals surface area contributed by atoms with Crippen molar-refractivity contribution in [3.63, 3.8) is 0 Å². The van der Waals surface area contributed by atoms with Gasteiger partial charge in [0.2, 0.25) is 0 Å². The van der Waals surface area contributed by atoms with Crippen LogP contribution in [0.25, 0.3) is 0 Å². The van der Waals surface area contributed by atoms with Gasteiger partial charge in [-0.25, -0.2) is 0 Å². The lowest BCUT2D eigenvalue weighted by Crippen LogP contribution is -2.09. The Labute approximate surface area is 84.1 Å². The van der Waals surface area contributed by atoms with Gasteiger partial charge in [0.1, 0.15) is 11.5 Å². The lowest BCUT2D eigenvalue weighted by molar-refractivity contribution is 0.318. The van der Waals surface area contributed by atoms with Gasteiger partial charge >= 0.3 is 0 Å². The van der Waals surface area contributed by atoms with E-state index in [4.69, 9.17) is 4.42 Å². The molecule has 3 nitrogen and oxygen atoms in total. The second-order valence-corrected chi connectivity index (χ2v) is 4.46. The van der Waals surface area contributed by atoms with Gasteiger partial charge in [-0.2, -0.15) is 0 Å². The zero-order valence-corrected chi connectivity index (χ0v) is 8.55. The van der Waals surface area contributed by atoms with Crippen molar-refractivity contribution >= 4 is 0 Å². The van der Waals surface area contributed by atoms with Gasteiger partial charge in [-0.1, -0.05) is 0 Å². The van der Waals surface area contributed by atoms with E-state index in [0.29, 0.717) is 5.92 Å². The highest BCUT2D eigenvalue weighted by Gasteiger charge is 2.25. The molecule has 1 unspecified atom stereocenters. The SMILES string of the molecule is CN1Cc2cc(C3CCNC3)oc2C1. The van der Waals surface area contributed by atoms with E-state index >= 15 is 0 Å². The first-order valence-electron chi connectivity index (χ1n) is 5.33. The summed E-state index contributed by atoms with van der Waals surface area (Å²) in [5, 5.41) is 3.37. The summed E-state index contributed by atoms with van der Waals surface area (Å²) in [7, 11) is 2.13. The van der Waals surface area contributed by atoms with Crippen LogP contribution >= 0.6 is 0 Å². The predicted octanol–water partition coefficient (Wildman–Crippen LogP) is 1.30. The van der Waals surface area contributed by atoms with E-state index in [1.807, 2.05) is 0 Å². The molecule has 14 heavy (non-hydrogen) atoms. The van der Waals surface area contributed by atoms with Crippen molar-refractivity contribution < 1.29 is 4.42 Å². The third-order valence-electron chi connectivity index (χ3n) is 3.23. The number of hydrogen-bond donors (Lipinski definition) is 1. The molecule has 0 radical (unpaired) electrons. The number of rotatable bonds is 1. The van der Waals surface area contributed by atoms with Crippen molar-refractivity contribution in [1.29, 1.82) is 0 Å². The molecule has 1 N–H and O–H groups in total. The first-order valence-corrected chi connectivity index (χ1v) is 5.33. The molecule has 1 fully saturated rings. The smallest absolute Gasteiger partial charge is 0.122 e. The normalized spacial score (nSPS) is 27.1. The van der Waals surface area contributed by atoms with Crippen molar-refractivity contribution in [2.45, 2.75) is 25.4 Å². The highest BCUT2D eigenvalue weighted by Crippen LogP contribution is 2.31. The van der Waals surface area contributed by atoms with Crippen molar-refractivity contribution in [2.24, 2.45) is 0 Å². The quantitative estimate of drug-likeness (QED) is 0.727. The molecule has 3 rings (SSSR count). The minimum absolute atomic E-state index is 0.617. The summed E-state index contributed by atoms with van der Waals surface area (Å²) >= 11 is 0. The fraction of sp³-hybridized carbons (Fsp3) is 0.636. The van der Waals surface area contributed by atoms with E-state index < -0.39 is 0 Å². The Morgan fingerprint density at radius 3 is 3.14 bits per heavy atom. The maximum Gasteiger partial charge on any atom is 0.122 e. The molecular formula is C11H16N2O. The van der Waals surface area contributed by atoms with E-state index in [-0.39, 0.29) is 0 Å². The molecule has 76 valence electrons. The van der Waals surface area contributed by atoms with Crippen molar-refractivity contribution in [2.75, 3.05) is 20.1 Å². The van der Waals surface area contributed by atoms with E-state index in [1.165, 1.54) is 23.5 Å². The van der Waals surface area contributed by atoms with Crippen LogP contribution in [0.3, 0.4) is 0 Å². The molecule has 3 heteroatoms. The Hall–Kier alpha value is -0.800. The molecule has 1 atom stereocenters. The maximum atomic E-state index is 5.90. The van der Waals surface area contributed by atoms with Gasteiger partial charge in [-0.05, 0) is 26.1 Å². The minimum atomic E-state index is 0.617. The first-order chi connectivity index (χ1) is 6.83. The molecule has 0 aliphatic carbocycles. The zero-order valence-electron chi connectivity index (χ0n) is 8.55. The molecule has 0 saturated carbocycles. The van der Waals surface area contributed by atoms with Crippen LogP contribution in [0.1, 0.15) is 29.4 Å². The van der Waals surface area contributed by atoms with Crippen LogP contribution in [-0.2, 0) is 13.1 Å². The second-order valence-electron chi connectivity index (χ2n) is 4.46. The zero-order chi connectivity index (χ0) is 9.54. The molecule has 0 amide bonds. The van der Waals surface area contributed by atoms with Crippen LogP contribution < -0.4 is 5.32 Å². The van der Waals surface area contributed by atoms with Crippen molar-refractivity contribution in [1.82, 2.24) is 10.2 Å². The average molecular weight is 192 g/mol. The summed E-state index contributed by atoms with van der Waals surface area (Å²) < 4.78 is 5.90. The molecule has 1 aromatic rings. The third-order valence-corrected chi connectivity index (χ3v) is 3.23. The largest absolute Gasteiger partial charge is 0.464 e. The number of hydrogen-bond acceptors (Lipinski definition) is 3. The molecule has 0 aromatic carbocycles. The average Bonchev–Trinajstić information content (AvgIpc) is 2.74. The Morgan fingerprint density at radius 1 is 1.50 bits per heavy atom. The highest BCUT2D eigenvalue weighted by molar-refractivity contribution is 5.27. The van der Waals surface area contributed by atoms with Gasteiger partial charge in [0.25, 0.3) is 0 Å². The number of fused-ring (bicyclic) bond motifs is 1. The van der Waals surface area contributed by atoms with E-state index in [1.54, 1.807) is 0 Å². The van der Waals surface area contributed by atoms with Crippen molar-refractivity contribution in [3.8, 4) is 0 Å². The standard InChI is InChI=1S/C11H16N2O/c1-13-6-9-4-10(14-11(9)7-13)8-2-3-12-5-8/h4,8,12H,2-3,5-7H2,1H3. The Bertz CT molecular complexity index is 316. The van der Waals surface area contributed by atoms with Crippen LogP contribution in [0, 0.1) is 0 Å². The fourth-order valence-corrected chi connectivity index (χ4v) is 2.45. The Balaban J connectivity index is 1.85. The number of nitrogens with one attached hydrogen (secondary N) is 1. The van der Waals surface area contributed by atoms with Gasteiger partial charge in [0.05, 0.1) is 6.54 Å². The fourth-order valence-electron chi connectivity index (χ4n) is 2.45. The number of nitrogens with zero attached hydrogens (tertiary/aromatic N) is 1. The molecule has 3 heterocycles. The highest BCUT2D eigenvalue weighted by atomic mass is 16.3. The summed E-state index contributed by atoms with van der Waals surface area (Å²) in [4.78, 5) is 2.28. The minimum Gasteiger partial charge on any atom is -0.464 e. The molecule has 2 aliphatic heterocycles. The van der Waals surface area contributed by atoms with Crippen molar-refractivity contribution in [3.05, 3.63) is 23.2 Å². The Morgan fingerprint density at radius 2 is 2.43 bits per heavy atom. The Kier molecular flexibility index (Phi) is 1.89. The second kappa shape index (κ2) is 3.11. The predicted molar refractivity (Wildman–Crippen MR) is 54.1 cm³/mol. The molecule has 1 aromatic heterocycles. The van der Waals surface area contributed by atoms with Crippen LogP contribution in [0.2, 0.25) is 0 Å². The molecule has 0 bridgehead atoms. The van der Waals surface area contributed by atoms with Gasteiger partial charge in [0, 0.05) is 24.6 Å². The lowest BCUT2D eigenvalue weighted by Gasteiger charge is -2.07. The lowest BCUT2D eigenvalue weighted by atomic mass is 10.1. The summed E-state index contributed by atoms with van der Waals surface area (Å²) in [6.45, 7) is 4.26. The van der Waals surface area contributed by atoms with Crippen LogP contribution in [0.15, 0.2) is 10.5 Å². The maximum absolute atomic E-state index is 5.90. The van der Waals surface area contributed by atoms with Gasteiger partial charge < -0.3 is 9.73 Å². The molecular weight excluding hydrogens is 176 g/mol. The summed E-state index contributed by atoms with van der Waals surface area (Å²) in [6.07, 6.45) is 1.22. The van der Waals surface area contributed by atoms with Gasteiger partial charge in [-0.15, -0.1) is 0 Å². The molecule has 0 spiro atoms. The monoisotopic (exact) mass is 192 g/mol. The topological polar surface area (TPSA) is 28.4 Å². The van der Waals surface area contributed by atoms with Gasteiger partial charge in [-0.3, -0.25) is 4.90 Å². The number of furan rings is 1. The summed E-state index contributed by atoms with van der Waals surface area (Å²) in [5.41, 5.74) is 1.40. The van der Waals surface area contributed by atoms with Crippen LogP contribution in [0.5, 0.6) is 0 Å². The third kappa shape index (κ3) is 1.28. The van der Waals surface area contributed by atoms with E-state index in [0.717, 1.165) is 26.2 Å².